The van der Waals surface area contributed by atoms with E-state index in [0.29, 0.717) is 12.7 Å². The highest BCUT2D eigenvalue weighted by Crippen LogP contribution is 2.14. The Morgan fingerprint density at radius 2 is 2.55 bits per heavy atom. The molecular formula is C8H12O3. The third-order valence-electron chi connectivity index (χ3n) is 1.48. The summed E-state index contributed by atoms with van der Waals surface area (Å²) in [7, 11) is 0. The monoisotopic (exact) mass is 156 g/mol. The van der Waals surface area contributed by atoms with Crippen LogP contribution in [0.3, 0.4) is 0 Å². The summed E-state index contributed by atoms with van der Waals surface area (Å²) in [4.78, 5) is 10.5. The average Bonchev–Trinajstić information content (AvgIpc) is 2.81. The molecule has 11 heavy (non-hydrogen) atoms. The summed E-state index contributed by atoms with van der Waals surface area (Å²) < 4.78 is 9.74. The van der Waals surface area contributed by atoms with Crippen molar-refractivity contribution in [2.24, 2.45) is 0 Å². The van der Waals surface area contributed by atoms with Gasteiger partial charge in [-0.2, -0.15) is 0 Å². The zero-order valence-corrected chi connectivity index (χ0v) is 6.41. The van der Waals surface area contributed by atoms with Crippen molar-refractivity contribution in [3.05, 3.63) is 12.7 Å². The highest BCUT2D eigenvalue weighted by Gasteiger charge is 2.21. The Balaban J connectivity index is 1.86. The van der Waals surface area contributed by atoms with Gasteiger partial charge in [0, 0.05) is 6.08 Å². The maximum absolute atomic E-state index is 10.5. The van der Waals surface area contributed by atoms with E-state index in [9.17, 15) is 4.79 Å². The lowest BCUT2D eigenvalue weighted by Gasteiger charge is -1.98. The van der Waals surface area contributed by atoms with Crippen LogP contribution in [0.4, 0.5) is 0 Å². The molecule has 1 aliphatic rings. The van der Waals surface area contributed by atoms with Gasteiger partial charge in [0.15, 0.2) is 0 Å². The van der Waals surface area contributed by atoms with Crippen molar-refractivity contribution < 1.29 is 14.3 Å². The smallest absolute Gasteiger partial charge is 0.330 e. The molecule has 62 valence electrons. The summed E-state index contributed by atoms with van der Waals surface area (Å²) in [5.41, 5.74) is 0. The van der Waals surface area contributed by atoms with Crippen LogP contribution in [0.25, 0.3) is 0 Å². The fraction of sp³-hybridized carbons (Fsp3) is 0.625. The average molecular weight is 156 g/mol. The molecule has 0 saturated carbocycles. The van der Waals surface area contributed by atoms with Gasteiger partial charge in [0.25, 0.3) is 0 Å². The molecule has 1 heterocycles. The topological polar surface area (TPSA) is 38.8 Å². The number of epoxide rings is 1. The Morgan fingerprint density at radius 1 is 1.82 bits per heavy atom. The molecule has 3 heteroatoms. The van der Waals surface area contributed by atoms with E-state index < -0.39 is 0 Å². The second kappa shape index (κ2) is 4.13. The lowest BCUT2D eigenvalue weighted by Crippen LogP contribution is -2.02. The number of ether oxygens (including phenoxy) is 2. The van der Waals surface area contributed by atoms with E-state index in [-0.39, 0.29) is 5.97 Å². The quantitative estimate of drug-likeness (QED) is 0.257. The molecule has 1 rings (SSSR count). The van der Waals surface area contributed by atoms with Gasteiger partial charge in [-0.3, -0.25) is 0 Å². The van der Waals surface area contributed by atoms with Crippen LogP contribution in [-0.4, -0.2) is 25.3 Å². The van der Waals surface area contributed by atoms with E-state index in [2.05, 4.69) is 6.58 Å². The SMILES string of the molecule is C=CC(=O)OCCCC1CO1. The second-order valence-corrected chi connectivity index (χ2v) is 2.47. The summed E-state index contributed by atoms with van der Waals surface area (Å²) in [6.07, 6.45) is 3.47. The normalized spacial score (nSPS) is 20.9. The molecule has 0 aliphatic carbocycles. The summed E-state index contributed by atoms with van der Waals surface area (Å²) in [6.45, 7) is 4.63. The van der Waals surface area contributed by atoms with Crippen LogP contribution in [0.5, 0.6) is 0 Å². The lowest BCUT2D eigenvalue weighted by molar-refractivity contribution is -0.137. The van der Waals surface area contributed by atoms with Crippen LogP contribution >= 0.6 is 0 Å². The number of carbonyl (C=O) groups excluding carboxylic acids is 1. The standard InChI is InChI=1S/C8H12O3/c1-2-8(9)10-5-3-4-7-6-11-7/h2,7H,1,3-6H2. The van der Waals surface area contributed by atoms with E-state index in [4.69, 9.17) is 9.47 Å². The maximum atomic E-state index is 10.5. The summed E-state index contributed by atoms with van der Waals surface area (Å²) >= 11 is 0. The molecule has 0 aromatic heterocycles. The van der Waals surface area contributed by atoms with E-state index in [1.54, 1.807) is 0 Å². The molecule has 0 amide bonds. The van der Waals surface area contributed by atoms with Gasteiger partial charge in [0.1, 0.15) is 0 Å². The van der Waals surface area contributed by atoms with Gasteiger partial charge in [-0.15, -0.1) is 0 Å². The van der Waals surface area contributed by atoms with Crippen molar-refractivity contribution in [2.75, 3.05) is 13.2 Å². The van der Waals surface area contributed by atoms with Crippen molar-refractivity contribution in [1.82, 2.24) is 0 Å². The van der Waals surface area contributed by atoms with Crippen molar-refractivity contribution in [3.8, 4) is 0 Å². The van der Waals surface area contributed by atoms with Gasteiger partial charge in [-0.05, 0) is 12.8 Å². The summed E-state index contributed by atoms with van der Waals surface area (Å²) in [5.74, 6) is -0.346. The zero-order valence-electron chi connectivity index (χ0n) is 6.41. The van der Waals surface area contributed by atoms with Gasteiger partial charge in [-0.1, -0.05) is 6.58 Å². The predicted molar refractivity (Wildman–Crippen MR) is 40.1 cm³/mol. The maximum Gasteiger partial charge on any atom is 0.330 e. The Hall–Kier alpha value is -0.830. The van der Waals surface area contributed by atoms with Crippen LogP contribution in [0.15, 0.2) is 12.7 Å². The molecule has 3 nitrogen and oxygen atoms in total. The molecule has 1 atom stereocenters. The van der Waals surface area contributed by atoms with Crippen molar-refractivity contribution >= 4 is 5.97 Å². The molecular weight excluding hydrogens is 144 g/mol. The number of esters is 1. The molecule has 0 aromatic rings. The molecule has 0 aromatic carbocycles. The molecule has 1 fully saturated rings. The van der Waals surface area contributed by atoms with Gasteiger partial charge < -0.3 is 9.47 Å². The zero-order chi connectivity index (χ0) is 8.10. The van der Waals surface area contributed by atoms with E-state index >= 15 is 0 Å². The fourth-order valence-electron chi connectivity index (χ4n) is 0.777. The Labute approximate surface area is 66.0 Å². The van der Waals surface area contributed by atoms with Gasteiger partial charge in [0.05, 0.1) is 19.3 Å². The number of carbonyl (C=O) groups is 1. The molecule has 0 N–H and O–H groups in total. The Kier molecular flexibility index (Phi) is 3.11. The van der Waals surface area contributed by atoms with Gasteiger partial charge in [-0.25, -0.2) is 4.79 Å². The van der Waals surface area contributed by atoms with Crippen LogP contribution in [0, 0.1) is 0 Å². The molecule has 1 unspecified atom stereocenters. The molecule has 0 radical (unpaired) electrons. The predicted octanol–water partition coefficient (Wildman–Crippen LogP) is 0.895. The molecule has 1 aliphatic heterocycles. The third kappa shape index (κ3) is 3.78. The van der Waals surface area contributed by atoms with Crippen LogP contribution in [0.2, 0.25) is 0 Å². The first-order valence-electron chi connectivity index (χ1n) is 3.73. The second-order valence-electron chi connectivity index (χ2n) is 2.47. The van der Waals surface area contributed by atoms with Crippen molar-refractivity contribution in [1.29, 1.82) is 0 Å². The number of rotatable bonds is 5. The minimum atomic E-state index is -0.346. The fourth-order valence-corrected chi connectivity index (χ4v) is 0.777. The minimum absolute atomic E-state index is 0.346. The van der Waals surface area contributed by atoms with Crippen molar-refractivity contribution in [3.63, 3.8) is 0 Å². The third-order valence-corrected chi connectivity index (χ3v) is 1.48. The van der Waals surface area contributed by atoms with E-state index in [0.717, 1.165) is 19.4 Å². The molecule has 0 bridgehead atoms. The summed E-state index contributed by atoms with van der Waals surface area (Å²) in [5, 5.41) is 0. The van der Waals surface area contributed by atoms with E-state index in [1.165, 1.54) is 6.08 Å². The first-order chi connectivity index (χ1) is 5.33. The minimum Gasteiger partial charge on any atom is -0.463 e. The van der Waals surface area contributed by atoms with Crippen molar-refractivity contribution in [2.45, 2.75) is 18.9 Å². The van der Waals surface area contributed by atoms with Crippen LogP contribution in [0.1, 0.15) is 12.8 Å². The lowest BCUT2D eigenvalue weighted by atomic mass is 10.3. The highest BCUT2D eigenvalue weighted by atomic mass is 16.6. The largest absolute Gasteiger partial charge is 0.463 e. The highest BCUT2D eigenvalue weighted by molar-refractivity contribution is 5.81. The van der Waals surface area contributed by atoms with Crippen LogP contribution < -0.4 is 0 Å². The first kappa shape index (κ1) is 8.27. The van der Waals surface area contributed by atoms with Gasteiger partial charge in [0.2, 0.25) is 0 Å². The first-order valence-corrected chi connectivity index (χ1v) is 3.73. The van der Waals surface area contributed by atoms with Gasteiger partial charge >= 0.3 is 5.97 Å². The number of hydrogen-bond donors (Lipinski definition) is 0. The van der Waals surface area contributed by atoms with E-state index in [1.807, 2.05) is 0 Å². The Bertz CT molecular complexity index is 149. The Morgan fingerprint density at radius 3 is 3.09 bits per heavy atom. The molecule has 0 spiro atoms. The van der Waals surface area contributed by atoms with Crippen LogP contribution in [-0.2, 0) is 14.3 Å². The summed E-state index contributed by atoms with van der Waals surface area (Å²) in [6, 6.07) is 0. The molecule has 1 saturated heterocycles. The number of hydrogen-bond acceptors (Lipinski definition) is 3.